The molecule has 0 spiro atoms. The van der Waals surface area contributed by atoms with Gasteiger partial charge >= 0.3 is 6.09 Å². The molecule has 0 radical (unpaired) electrons. The fraction of sp³-hybridized carbons (Fsp3) is 0.550. The van der Waals surface area contributed by atoms with Crippen molar-refractivity contribution in [2.75, 3.05) is 26.2 Å². The first-order valence-electron chi connectivity index (χ1n) is 9.45. The second kappa shape index (κ2) is 9.78. The molecule has 1 unspecified atom stereocenters. The number of halogens is 1. The summed E-state index contributed by atoms with van der Waals surface area (Å²) in [4.78, 5) is 38.2. The molecule has 3 amide bonds. The molecule has 0 aromatic heterocycles. The molecule has 0 aliphatic carbocycles. The molecule has 0 bridgehead atoms. The van der Waals surface area contributed by atoms with Crippen molar-refractivity contribution in [3.8, 4) is 0 Å². The zero-order chi connectivity index (χ0) is 20.7. The number of hydrogen-bond donors (Lipinski definition) is 2. The third kappa shape index (κ3) is 7.03. The summed E-state index contributed by atoms with van der Waals surface area (Å²) in [5.41, 5.74) is -0.0507. The molecule has 1 aromatic carbocycles. The normalized spacial score (nSPS) is 17.0. The SMILES string of the molecule is CC(C)(C)OC(=O)N1CCCC(C(=O)NCCNC(=O)c2ccc(Cl)cc2)C1. The Bertz CT molecular complexity index is 700. The molecular formula is C20H28ClN3O4. The van der Waals surface area contributed by atoms with Gasteiger partial charge in [-0.3, -0.25) is 9.59 Å². The molecule has 28 heavy (non-hydrogen) atoms. The zero-order valence-electron chi connectivity index (χ0n) is 16.6. The van der Waals surface area contributed by atoms with E-state index in [9.17, 15) is 14.4 Å². The number of carbonyl (C=O) groups excluding carboxylic acids is 3. The van der Waals surface area contributed by atoms with Gasteiger partial charge in [-0.2, -0.15) is 0 Å². The molecule has 154 valence electrons. The Morgan fingerprint density at radius 2 is 1.79 bits per heavy atom. The van der Waals surface area contributed by atoms with Gasteiger partial charge in [-0.15, -0.1) is 0 Å². The van der Waals surface area contributed by atoms with Gasteiger partial charge in [-0.1, -0.05) is 11.6 Å². The summed E-state index contributed by atoms with van der Waals surface area (Å²) >= 11 is 5.80. The molecule has 1 atom stereocenters. The second-order valence-corrected chi connectivity index (χ2v) is 8.26. The summed E-state index contributed by atoms with van der Waals surface area (Å²) < 4.78 is 5.38. The van der Waals surface area contributed by atoms with Crippen molar-refractivity contribution in [1.82, 2.24) is 15.5 Å². The van der Waals surface area contributed by atoms with Gasteiger partial charge in [-0.25, -0.2) is 4.79 Å². The monoisotopic (exact) mass is 409 g/mol. The first-order valence-corrected chi connectivity index (χ1v) is 9.83. The predicted octanol–water partition coefficient (Wildman–Crippen LogP) is 2.83. The Morgan fingerprint density at radius 1 is 1.14 bits per heavy atom. The summed E-state index contributed by atoms with van der Waals surface area (Å²) in [6.45, 7) is 7.02. The van der Waals surface area contributed by atoms with Crippen LogP contribution >= 0.6 is 11.6 Å². The van der Waals surface area contributed by atoms with Gasteiger partial charge in [0, 0.05) is 36.8 Å². The van der Waals surface area contributed by atoms with Crippen LogP contribution in [0.1, 0.15) is 44.0 Å². The van der Waals surface area contributed by atoms with Gasteiger partial charge in [0.05, 0.1) is 5.92 Å². The van der Waals surface area contributed by atoms with Crippen LogP contribution < -0.4 is 10.6 Å². The molecule has 2 N–H and O–H groups in total. The lowest BCUT2D eigenvalue weighted by Gasteiger charge is -2.33. The standard InChI is InChI=1S/C20H28ClN3O4/c1-20(2,3)28-19(27)24-12-4-5-15(13-24)18(26)23-11-10-22-17(25)14-6-8-16(21)9-7-14/h6-9,15H,4-5,10-13H2,1-3H3,(H,22,25)(H,23,26). The van der Waals surface area contributed by atoms with Crippen LogP contribution in [-0.4, -0.2) is 54.6 Å². The lowest BCUT2D eigenvalue weighted by atomic mass is 9.97. The number of nitrogens with zero attached hydrogens (tertiary/aromatic N) is 1. The maximum Gasteiger partial charge on any atom is 0.410 e. The molecule has 1 aliphatic rings. The largest absolute Gasteiger partial charge is 0.444 e. The molecule has 2 rings (SSSR count). The topological polar surface area (TPSA) is 87.7 Å². The van der Waals surface area contributed by atoms with Gasteiger partial charge < -0.3 is 20.3 Å². The first kappa shape index (κ1) is 22.0. The van der Waals surface area contributed by atoms with Crippen molar-refractivity contribution in [3.63, 3.8) is 0 Å². The number of amides is 3. The fourth-order valence-electron chi connectivity index (χ4n) is 2.89. The summed E-state index contributed by atoms with van der Waals surface area (Å²) in [6.07, 6.45) is 1.09. The maximum absolute atomic E-state index is 12.4. The fourth-order valence-corrected chi connectivity index (χ4v) is 3.02. The number of benzene rings is 1. The third-order valence-electron chi connectivity index (χ3n) is 4.26. The Morgan fingerprint density at radius 3 is 2.43 bits per heavy atom. The van der Waals surface area contributed by atoms with E-state index in [-0.39, 0.29) is 23.8 Å². The van der Waals surface area contributed by atoms with Crippen LogP contribution in [0.25, 0.3) is 0 Å². The maximum atomic E-state index is 12.4. The van der Waals surface area contributed by atoms with E-state index >= 15 is 0 Å². The minimum atomic E-state index is -0.561. The van der Waals surface area contributed by atoms with Gasteiger partial charge in [0.2, 0.25) is 5.91 Å². The van der Waals surface area contributed by atoms with Crippen molar-refractivity contribution >= 4 is 29.5 Å². The summed E-state index contributed by atoms with van der Waals surface area (Å²) in [6, 6.07) is 6.59. The van der Waals surface area contributed by atoms with Crippen LogP contribution in [0.4, 0.5) is 4.79 Å². The predicted molar refractivity (Wildman–Crippen MR) is 107 cm³/mol. The van der Waals surface area contributed by atoms with Gasteiger partial charge in [0.1, 0.15) is 5.60 Å². The number of piperidine rings is 1. The molecule has 8 heteroatoms. The Balaban J connectivity index is 1.72. The summed E-state index contributed by atoms with van der Waals surface area (Å²) in [5.74, 6) is -0.609. The van der Waals surface area contributed by atoms with E-state index in [1.54, 1.807) is 29.2 Å². The quantitative estimate of drug-likeness (QED) is 0.732. The smallest absolute Gasteiger partial charge is 0.410 e. The Labute approximate surface area is 170 Å². The highest BCUT2D eigenvalue weighted by Gasteiger charge is 2.30. The number of hydrogen-bond acceptors (Lipinski definition) is 4. The van der Waals surface area contributed by atoms with Crippen molar-refractivity contribution < 1.29 is 19.1 Å². The summed E-state index contributed by atoms with van der Waals surface area (Å²) in [7, 11) is 0. The molecular weight excluding hydrogens is 382 g/mol. The number of nitrogens with one attached hydrogen (secondary N) is 2. The zero-order valence-corrected chi connectivity index (χ0v) is 17.3. The molecule has 7 nitrogen and oxygen atoms in total. The minimum absolute atomic E-state index is 0.117. The number of ether oxygens (including phenoxy) is 1. The second-order valence-electron chi connectivity index (χ2n) is 7.82. The average molecular weight is 410 g/mol. The van der Waals surface area contributed by atoms with Gasteiger partial charge in [-0.05, 0) is 57.9 Å². The number of carbonyl (C=O) groups is 3. The van der Waals surface area contributed by atoms with E-state index in [1.165, 1.54) is 0 Å². The highest BCUT2D eigenvalue weighted by molar-refractivity contribution is 6.30. The van der Waals surface area contributed by atoms with Crippen molar-refractivity contribution in [2.45, 2.75) is 39.2 Å². The van der Waals surface area contributed by atoms with E-state index in [4.69, 9.17) is 16.3 Å². The number of likely N-dealkylation sites (tertiary alicyclic amines) is 1. The van der Waals surface area contributed by atoms with Crippen LogP contribution in [0.15, 0.2) is 24.3 Å². The lowest BCUT2D eigenvalue weighted by molar-refractivity contribution is -0.126. The average Bonchev–Trinajstić information content (AvgIpc) is 2.64. The molecule has 1 heterocycles. The van der Waals surface area contributed by atoms with E-state index in [2.05, 4.69) is 10.6 Å². The van der Waals surface area contributed by atoms with Crippen LogP contribution in [0.3, 0.4) is 0 Å². The van der Waals surface area contributed by atoms with Crippen molar-refractivity contribution in [3.05, 3.63) is 34.9 Å². The van der Waals surface area contributed by atoms with E-state index < -0.39 is 5.60 Å². The molecule has 1 aromatic rings. The Hall–Kier alpha value is -2.28. The summed E-state index contributed by atoms with van der Waals surface area (Å²) in [5, 5.41) is 6.14. The molecule has 1 fully saturated rings. The molecule has 1 saturated heterocycles. The minimum Gasteiger partial charge on any atom is -0.444 e. The lowest BCUT2D eigenvalue weighted by Crippen LogP contribution is -2.47. The van der Waals surface area contributed by atoms with Crippen LogP contribution in [0.5, 0.6) is 0 Å². The highest BCUT2D eigenvalue weighted by atomic mass is 35.5. The van der Waals surface area contributed by atoms with E-state index in [0.29, 0.717) is 36.8 Å². The number of rotatable bonds is 5. The van der Waals surface area contributed by atoms with Gasteiger partial charge in [0.25, 0.3) is 5.91 Å². The highest BCUT2D eigenvalue weighted by Crippen LogP contribution is 2.19. The van der Waals surface area contributed by atoms with Gasteiger partial charge in [0.15, 0.2) is 0 Å². The first-order chi connectivity index (χ1) is 13.2. The molecule has 1 aliphatic heterocycles. The van der Waals surface area contributed by atoms with Crippen LogP contribution in [0.2, 0.25) is 5.02 Å². The Kier molecular flexibility index (Phi) is 7.69. The third-order valence-corrected chi connectivity index (χ3v) is 4.51. The van der Waals surface area contributed by atoms with Crippen molar-refractivity contribution in [1.29, 1.82) is 0 Å². The van der Waals surface area contributed by atoms with E-state index in [1.807, 2.05) is 20.8 Å². The van der Waals surface area contributed by atoms with E-state index in [0.717, 1.165) is 12.8 Å². The molecule has 0 saturated carbocycles. The van der Waals surface area contributed by atoms with Crippen molar-refractivity contribution in [2.24, 2.45) is 5.92 Å². The van der Waals surface area contributed by atoms with Crippen LogP contribution in [-0.2, 0) is 9.53 Å². The van der Waals surface area contributed by atoms with Crippen LogP contribution in [0, 0.1) is 5.92 Å².